The highest BCUT2D eigenvalue weighted by Gasteiger charge is 2.05. The number of hydrogen-bond acceptors (Lipinski definition) is 2. The summed E-state index contributed by atoms with van der Waals surface area (Å²) >= 11 is 0. The van der Waals surface area contributed by atoms with Gasteiger partial charge >= 0.3 is 0 Å². The minimum Gasteiger partial charge on any atom is -0.496 e. The van der Waals surface area contributed by atoms with Crippen LogP contribution in [0.1, 0.15) is 18.9 Å². The molecule has 0 aromatic heterocycles. The van der Waals surface area contributed by atoms with Gasteiger partial charge in [0.1, 0.15) is 11.6 Å². The van der Waals surface area contributed by atoms with E-state index in [2.05, 4.69) is 11.4 Å². The summed E-state index contributed by atoms with van der Waals surface area (Å²) in [6, 6.07) is 4.56. The lowest BCUT2D eigenvalue weighted by Gasteiger charge is -2.09. The number of benzene rings is 1. The standard InChI is InChI=1S/C13H18FNO/c1-10(5-4-8-15-2)12-9-11(14)6-7-13(12)16-3/h5-7,9,15H,4,8H2,1-3H3/b10-5-. The van der Waals surface area contributed by atoms with E-state index in [0.29, 0.717) is 5.75 Å². The van der Waals surface area contributed by atoms with Gasteiger partial charge in [-0.3, -0.25) is 0 Å². The second-order valence-electron chi connectivity index (χ2n) is 3.62. The molecule has 0 saturated heterocycles. The van der Waals surface area contributed by atoms with Crippen molar-refractivity contribution in [2.24, 2.45) is 0 Å². The van der Waals surface area contributed by atoms with E-state index in [1.165, 1.54) is 12.1 Å². The smallest absolute Gasteiger partial charge is 0.126 e. The van der Waals surface area contributed by atoms with Crippen molar-refractivity contribution in [3.8, 4) is 5.75 Å². The third kappa shape index (κ3) is 3.35. The number of methoxy groups -OCH3 is 1. The van der Waals surface area contributed by atoms with Crippen LogP contribution in [0.2, 0.25) is 0 Å². The van der Waals surface area contributed by atoms with Gasteiger partial charge in [0, 0.05) is 5.56 Å². The van der Waals surface area contributed by atoms with Crippen LogP contribution in [-0.4, -0.2) is 20.7 Å². The van der Waals surface area contributed by atoms with E-state index in [4.69, 9.17) is 4.74 Å². The van der Waals surface area contributed by atoms with E-state index >= 15 is 0 Å². The van der Waals surface area contributed by atoms with Crippen LogP contribution in [0.15, 0.2) is 24.3 Å². The van der Waals surface area contributed by atoms with Gasteiger partial charge in [-0.05, 0) is 50.7 Å². The van der Waals surface area contributed by atoms with E-state index in [0.717, 1.165) is 24.1 Å². The Morgan fingerprint density at radius 3 is 2.88 bits per heavy atom. The first-order valence-corrected chi connectivity index (χ1v) is 5.34. The largest absolute Gasteiger partial charge is 0.496 e. The Balaban J connectivity index is 2.92. The van der Waals surface area contributed by atoms with Crippen molar-refractivity contribution in [3.05, 3.63) is 35.7 Å². The molecule has 0 spiro atoms. The van der Waals surface area contributed by atoms with Gasteiger partial charge in [0.25, 0.3) is 0 Å². The summed E-state index contributed by atoms with van der Waals surface area (Å²) in [5.74, 6) is 0.469. The monoisotopic (exact) mass is 223 g/mol. The Morgan fingerprint density at radius 2 is 2.25 bits per heavy atom. The van der Waals surface area contributed by atoms with E-state index in [-0.39, 0.29) is 5.82 Å². The van der Waals surface area contributed by atoms with E-state index in [9.17, 15) is 4.39 Å². The summed E-state index contributed by atoms with van der Waals surface area (Å²) in [4.78, 5) is 0. The van der Waals surface area contributed by atoms with Crippen molar-refractivity contribution in [2.75, 3.05) is 20.7 Å². The highest BCUT2D eigenvalue weighted by Crippen LogP contribution is 2.26. The summed E-state index contributed by atoms with van der Waals surface area (Å²) in [6.45, 7) is 2.88. The normalized spacial score (nSPS) is 11.6. The first-order valence-electron chi connectivity index (χ1n) is 5.34. The summed E-state index contributed by atoms with van der Waals surface area (Å²) in [5.41, 5.74) is 1.85. The quantitative estimate of drug-likeness (QED) is 0.775. The molecule has 0 radical (unpaired) electrons. The minimum absolute atomic E-state index is 0.239. The Bertz CT molecular complexity index is 374. The van der Waals surface area contributed by atoms with Gasteiger partial charge in [-0.2, -0.15) is 0 Å². The zero-order valence-electron chi connectivity index (χ0n) is 10.0. The van der Waals surface area contributed by atoms with Crippen LogP contribution in [0.4, 0.5) is 4.39 Å². The van der Waals surface area contributed by atoms with Gasteiger partial charge in [0.15, 0.2) is 0 Å². The second-order valence-corrected chi connectivity index (χ2v) is 3.62. The molecule has 1 aromatic rings. The average molecular weight is 223 g/mol. The molecular weight excluding hydrogens is 205 g/mol. The van der Waals surface area contributed by atoms with Gasteiger partial charge in [0.2, 0.25) is 0 Å². The molecule has 0 aliphatic heterocycles. The Hall–Kier alpha value is -1.35. The SMILES string of the molecule is CNCC/C=C(/C)c1cc(F)ccc1OC. The molecule has 0 unspecified atom stereocenters. The van der Waals surface area contributed by atoms with E-state index < -0.39 is 0 Å². The van der Waals surface area contributed by atoms with Gasteiger partial charge < -0.3 is 10.1 Å². The lowest BCUT2D eigenvalue weighted by molar-refractivity contribution is 0.412. The molecular formula is C13H18FNO. The molecule has 0 atom stereocenters. The molecule has 0 amide bonds. The topological polar surface area (TPSA) is 21.3 Å². The number of allylic oxidation sites excluding steroid dienone is 1. The fraction of sp³-hybridized carbons (Fsp3) is 0.385. The van der Waals surface area contributed by atoms with Crippen LogP contribution in [-0.2, 0) is 0 Å². The molecule has 2 nitrogen and oxygen atoms in total. The number of rotatable bonds is 5. The summed E-state index contributed by atoms with van der Waals surface area (Å²) in [5, 5.41) is 3.06. The third-order valence-corrected chi connectivity index (χ3v) is 2.43. The van der Waals surface area contributed by atoms with Crippen LogP contribution in [0.25, 0.3) is 5.57 Å². The van der Waals surface area contributed by atoms with E-state index in [1.807, 2.05) is 14.0 Å². The summed E-state index contributed by atoms with van der Waals surface area (Å²) in [7, 11) is 3.50. The summed E-state index contributed by atoms with van der Waals surface area (Å²) in [6.07, 6.45) is 3.00. The molecule has 0 heterocycles. The van der Waals surface area contributed by atoms with Gasteiger partial charge in [0.05, 0.1) is 7.11 Å². The first-order chi connectivity index (χ1) is 7.69. The minimum atomic E-state index is -0.239. The third-order valence-electron chi connectivity index (χ3n) is 2.43. The van der Waals surface area contributed by atoms with Gasteiger partial charge in [-0.15, -0.1) is 0 Å². The van der Waals surface area contributed by atoms with Crippen molar-refractivity contribution in [1.29, 1.82) is 0 Å². The predicted molar refractivity (Wildman–Crippen MR) is 65.1 cm³/mol. The molecule has 88 valence electrons. The molecule has 0 aliphatic rings. The lowest BCUT2D eigenvalue weighted by atomic mass is 10.0. The maximum Gasteiger partial charge on any atom is 0.126 e. The molecule has 0 bridgehead atoms. The number of halogens is 1. The molecule has 3 heteroatoms. The molecule has 0 saturated carbocycles. The molecule has 0 aliphatic carbocycles. The van der Waals surface area contributed by atoms with Crippen molar-refractivity contribution in [1.82, 2.24) is 5.32 Å². The maximum absolute atomic E-state index is 13.1. The van der Waals surface area contributed by atoms with Crippen molar-refractivity contribution in [3.63, 3.8) is 0 Å². The molecule has 16 heavy (non-hydrogen) atoms. The molecule has 0 fully saturated rings. The summed E-state index contributed by atoms with van der Waals surface area (Å²) < 4.78 is 18.3. The fourth-order valence-electron chi connectivity index (χ4n) is 1.53. The van der Waals surface area contributed by atoms with Crippen molar-refractivity contribution < 1.29 is 9.13 Å². The Kier molecular flexibility index (Phi) is 4.99. The van der Waals surface area contributed by atoms with E-state index in [1.54, 1.807) is 13.2 Å². The zero-order valence-corrected chi connectivity index (χ0v) is 10.0. The Morgan fingerprint density at radius 1 is 1.50 bits per heavy atom. The molecule has 1 N–H and O–H groups in total. The second kappa shape index (κ2) is 6.28. The molecule has 1 rings (SSSR count). The predicted octanol–water partition coefficient (Wildman–Crippen LogP) is 2.85. The van der Waals surface area contributed by atoms with Crippen molar-refractivity contribution >= 4 is 5.57 Å². The first kappa shape index (κ1) is 12.7. The fourth-order valence-corrected chi connectivity index (χ4v) is 1.53. The maximum atomic E-state index is 13.1. The number of hydrogen-bond donors (Lipinski definition) is 1. The molecule has 1 aromatic carbocycles. The number of ether oxygens (including phenoxy) is 1. The van der Waals surface area contributed by atoms with Crippen LogP contribution in [0, 0.1) is 5.82 Å². The van der Waals surface area contributed by atoms with Gasteiger partial charge in [-0.25, -0.2) is 4.39 Å². The van der Waals surface area contributed by atoms with Crippen LogP contribution in [0.5, 0.6) is 5.75 Å². The Labute approximate surface area is 96.1 Å². The lowest BCUT2D eigenvalue weighted by Crippen LogP contribution is -2.06. The zero-order chi connectivity index (χ0) is 12.0. The van der Waals surface area contributed by atoms with Gasteiger partial charge in [-0.1, -0.05) is 6.08 Å². The van der Waals surface area contributed by atoms with Crippen molar-refractivity contribution in [2.45, 2.75) is 13.3 Å². The number of nitrogens with one attached hydrogen (secondary N) is 1. The van der Waals surface area contributed by atoms with Crippen LogP contribution >= 0.6 is 0 Å². The average Bonchev–Trinajstić information content (AvgIpc) is 2.29. The highest BCUT2D eigenvalue weighted by atomic mass is 19.1. The van der Waals surface area contributed by atoms with Crippen LogP contribution < -0.4 is 10.1 Å². The highest BCUT2D eigenvalue weighted by molar-refractivity contribution is 5.69. The van der Waals surface area contributed by atoms with Crippen LogP contribution in [0.3, 0.4) is 0 Å².